The van der Waals surface area contributed by atoms with Gasteiger partial charge in [0, 0.05) is 30.1 Å². The molecule has 0 saturated carbocycles. The van der Waals surface area contributed by atoms with Crippen LogP contribution >= 0.6 is 0 Å². The number of benzene rings is 1. The van der Waals surface area contributed by atoms with Gasteiger partial charge in [0.2, 0.25) is 5.91 Å². The Labute approximate surface area is 135 Å². The van der Waals surface area contributed by atoms with E-state index in [1.807, 2.05) is 44.2 Å². The summed E-state index contributed by atoms with van der Waals surface area (Å²) >= 11 is 0. The van der Waals surface area contributed by atoms with Crippen LogP contribution in [0, 0.1) is 0 Å². The fourth-order valence-corrected chi connectivity index (χ4v) is 2.73. The monoisotopic (exact) mass is 309 g/mol. The molecular weight excluding hydrogens is 290 g/mol. The van der Waals surface area contributed by atoms with E-state index in [1.165, 1.54) is 0 Å². The van der Waals surface area contributed by atoms with E-state index in [1.54, 1.807) is 24.4 Å². The molecule has 1 aromatic heterocycles. The Morgan fingerprint density at radius 3 is 2.74 bits per heavy atom. The topological polar surface area (TPSA) is 54.8 Å². The van der Waals surface area contributed by atoms with E-state index < -0.39 is 0 Å². The third-order valence-corrected chi connectivity index (χ3v) is 3.80. The maximum absolute atomic E-state index is 12.8. The summed E-state index contributed by atoms with van der Waals surface area (Å²) in [6.07, 6.45) is 3.70. The average molecular weight is 309 g/mol. The van der Waals surface area contributed by atoms with Crippen molar-refractivity contribution >= 4 is 23.0 Å². The first-order valence-electron chi connectivity index (χ1n) is 7.58. The van der Waals surface area contributed by atoms with Crippen LogP contribution in [0.25, 0.3) is 0 Å². The molecular formula is C18H19N3O2. The predicted octanol–water partition coefficient (Wildman–Crippen LogP) is 3.36. The number of aromatic nitrogens is 1. The summed E-state index contributed by atoms with van der Waals surface area (Å²) in [4.78, 5) is 23.4. The van der Waals surface area contributed by atoms with Crippen LogP contribution in [-0.4, -0.2) is 29.8 Å². The van der Waals surface area contributed by atoms with E-state index in [-0.39, 0.29) is 18.4 Å². The van der Waals surface area contributed by atoms with Gasteiger partial charge in [0.25, 0.3) is 0 Å². The molecule has 5 nitrogen and oxygen atoms in total. The first-order chi connectivity index (χ1) is 11.1. The van der Waals surface area contributed by atoms with Crippen LogP contribution < -0.4 is 9.64 Å². The molecule has 0 atom stereocenters. The van der Waals surface area contributed by atoms with E-state index in [4.69, 9.17) is 9.73 Å². The Morgan fingerprint density at radius 2 is 2.09 bits per heavy atom. The van der Waals surface area contributed by atoms with Crippen LogP contribution in [0.5, 0.6) is 5.75 Å². The first-order valence-corrected chi connectivity index (χ1v) is 7.58. The van der Waals surface area contributed by atoms with E-state index in [0.717, 1.165) is 22.6 Å². The SMILES string of the molecule is COc1ccc2c(c1)N(C(C)C)C(=O)CC(c1cccnc1)=N2. The molecule has 23 heavy (non-hydrogen) atoms. The summed E-state index contributed by atoms with van der Waals surface area (Å²) in [5.41, 5.74) is 3.15. The van der Waals surface area contributed by atoms with Crippen LogP contribution in [0.2, 0.25) is 0 Å². The lowest BCUT2D eigenvalue weighted by Gasteiger charge is -2.26. The van der Waals surface area contributed by atoms with Crippen LogP contribution in [0.15, 0.2) is 47.7 Å². The number of anilines is 1. The molecule has 0 radical (unpaired) electrons. The highest BCUT2D eigenvalue weighted by Crippen LogP contribution is 2.37. The Morgan fingerprint density at radius 1 is 1.26 bits per heavy atom. The van der Waals surface area contributed by atoms with Gasteiger partial charge < -0.3 is 9.64 Å². The van der Waals surface area contributed by atoms with Gasteiger partial charge in [-0.05, 0) is 32.0 Å². The van der Waals surface area contributed by atoms with Gasteiger partial charge in [0.1, 0.15) is 5.75 Å². The lowest BCUT2D eigenvalue weighted by Crippen LogP contribution is -2.37. The van der Waals surface area contributed by atoms with E-state index in [0.29, 0.717) is 5.75 Å². The van der Waals surface area contributed by atoms with Gasteiger partial charge in [-0.3, -0.25) is 14.8 Å². The number of hydrogen-bond donors (Lipinski definition) is 0. The fourth-order valence-electron chi connectivity index (χ4n) is 2.73. The zero-order valence-electron chi connectivity index (χ0n) is 13.5. The van der Waals surface area contributed by atoms with Crippen LogP contribution in [0.4, 0.5) is 11.4 Å². The van der Waals surface area contributed by atoms with Gasteiger partial charge in [-0.25, -0.2) is 0 Å². The number of ether oxygens (including phenoxy) is 1. The number of hydrogen-bond acceptors (Lipinski definition) is 4. The molecule has 1 amide bonds. The van der Waals surface area contributed by atoms with Crippen LogP contribution in [0.3, 0.4) is 0 Å². The van der Waals surface area contributed by atoms with Gasteiger partial charge >= 0.3 is 0 Å². The molecule has 1 aliphatic heterocycles. The zero-order valence-corrected chi connectivity index (χ0v) is 13.5. The summed E-state index contributed by atoms with van der Waals surface area (Å²) in [7, 11) is 1.62. The van der Waals surface area contributed by atoms with Gasteiger partial charge in [-0.15, -0.1) is 0 Å². The highest BCUT2D eigenvalue weighted by Gasteiger charge is 2.27. The molecule has 5 heteroatoms. The largest absolute Gasteiger partial charge is 0.497 e. The van der Waals surface area contributed by atoms with Crippen molar-refractivity contribution in [2.45, 2.75) is 26.3 Å². The molecule has 2 heterocycles. The Balaban J connectivity index is 2.15. The maximum Gasteiger partial charge on any atom is 0.233 e. The number of carbonyl (C=O) groups excluding carboxylic acids is 1. The van der Waals surface area contributed by atoms with Crippen molar-refractivity contribution in [2.24, 2.45) is 4.99 Å². The summed E-state index contributed by atoms with van der Waals surface area (Å²) < 4.78 is 5.30. The third kappa shape index (κ3) is 2.95. The zero-order chi connectivity index (χ0) is 16.4. The summed E-state index contributed by atoms with van der Waals surface area (Å²) in [6, 6.07) is 9.42. The fraction of sp³-hybridized carbons (Fsp3) is 0.278. The highest BCUT2D eigenvalue weighted by molar-refractivity contribution is 6.17. The molecule has 0 bridgehead atoms. The average Bonchev–Trinajstić information content (AvgIpc) is 2.70. The van der Waals surface area contributed by atoms with Crippen LogP contribution in [-0.2, 0) is 4.79 Å². The summed E-state index contributed by atoms with van der Waals surface area (Å²) in [5.74, 6) is 0.733. The Kier molecular flexibility index (Phi) is 4.10. The molecule has 3 rings (SSSR count). The number of nitrogens with zero attached hydrogens (tertiary/aromatic N) is 3. The normalized spacial score (nSPS) is 14.3. The second-order valence-electron chi connectivity index (χ2n) is 5.69. The predicted molar refractivity (Wildman–Crippen MR) is 90.7 cm³/mol. The van der Waals surface area contributed by atoms with Crippen molar-refractivity contribution in [3.05, 3.63) is 48.3 Å². The molecule has 0 spiro atoms. The minimum Gasteiger partial charge on any atom is -0.497 e. The maximum atomic E-state index is 12.8. The van der Waals surface area contributed by atoms with Crippen molar-refractivity contribution in [3.63, 3.8) is 0 Å². The van der Waals surface area contributed by atoms with Crippen molar-refractivity contribution in [2.75, 3.05) is 12.0 Å². The molecule has 0 N–H and O–H groups in total. The van der Waals surface area contributed by atoms with Gasteiger partial charge in [0.05, 0.1) is 30.6 Å². The lowest BCUT2D eigenvalue weighted by atomic mass is 10.1. The Bertz CT molecular complexity index is 754. The van der Waals surface area contributed by atoms with Crippen molar-refractivity contribution in [1.82, 2.24) is 4.98 Å². The molecule has 0 unspecified atom stereocenters. The number of aliphatic imine (C=N–C) groups is 1. The van der Waals surface area contributed by atoms with E-state index in [2.05, 4.69) is 4.98 Å². The number of amides is 1. The molecule has 0 fully saturated rings. The molecule has 0 saturated heterocycles. The third-order valence-electron chi connectivity index (χ3n) is 3.80. The smallest absolute Gasteiger partial charge is 0.233 e. The van der Waals surface area contributed by atoms with Crippen molar-refractivity contribution in [1.29, 1.82) is 0 Å². The lowest BCUT2D eigenvalue weighted by molar-refractivity contribution is -0.117. The number of pyridine rings is 1. The number of rotatable bonds is 3. The second-order valence-corrected chi connectivity index (χ2v) is 5.69. The first kappa shape index (κ1) is 15.2. The summed E-state index contributed by atoms with van der Waals surface area (Å²) in [6.45, 7) is 3.99. The summed E-state index contributed by atoms with van der Waals surface area (Å²) in [5, 5.41) is 0. The number of methoxy groups -OCH3 is 1. The van der Waals surface area contributed by atoms with E-state index in [9.17, 15) is 4.79 Å². The van der Waals surface area contributed by atoms with Crippen molar-refractivity contribution in [3.8, 4) is 5.75 Å². The number of carbonyl (C=O) groups is 1. The van der Waals surface area contributed by atoms with Gasteiger partial charge in [-0.1, -0.05) is 6.07 Å². The minimum absolute atomic E-state index is 0.0228. The standard InChI is InChI=1S/C18H19N3O2/c1-12(2)21-17-9-14(23-3)6-7-15(17)20-16(10-18(21)22)13-5-4-8-19-11-13/h4-9,11-12H,10H2,1-3H3. The quantitative estimate of drug-likeness (QED) is 0.873. The van der Waals surface area contributed by atoms with Crippen molar-refractivity contribution < 1.29 is 9.53 Å². The molecule has 0 aliphatic carbocycles. The second kappa shape index (κ2) is 6.20. The van der Waals surface area contributed by atoms with Gasteiger partial charge in [-0.2, -0.15) is 0 Å². The highest BCUT2D eigenvalue weighted by atomic mass is 16.5. The van der Waals surface area contributed by atoms with E-state index >= 15 is 0 Å². The van der Waals surface area contributed by atoms with Crippen LogP contribution in [0.1, 0.15) is 25.8 Å². The Hall–Kier alpha value is -2.69. The molecule has 1 aromatic carbocycles. The molecule has 118 valence electrons. The minimum atomic E-state index is 0.0228. The molecule has 1 aliphatic rings. The molecule has 2 aromatic rings. The van der Waals surface area contributed by atoms with Gasteiger partial charge in [0.15, 0.2) is 0 Å². The number of fused-ring (bicyclic) bond motifs is 1.